The van der Waals surface area contributed by atoms with Crippen LogP contribution in [0, 0.1) is 13.8 Å². The van der Waals surface area contributed by atoms with Gasteiger partial charge in [0.25, 0.3) is 5.91 Å². The fraction of sp³-hybridized carbons (Fsp3) is 0.100. The lowest BCUT2D eigenvalue weighted by molar-refractivity contribution is 0.102. The molecular weight excluding hydrogens is 360 g/mol. The molecule has 1 aromatic carbocycles. The average molecular weight is 376 g/mol. The molecule has 6 nitrogen and oxygen atoms in total. The van der Waals surface area contributed by atoms with E-state index in [9.17, 15) is 4.79 Å². The van der Waals surface area contributed by atoms with Gasteiger partial charge < -0.3 is 4.52 Å². The molecule has 0 radical (unpaired) electrons. The van der Waals surface area contributed by atoms with E-state index in [2.05, 4.69) is 20.4 Å². The highest BCUT2D eigenvalue weighted by molar-refractivity contribution is 7.19. The molecule has 1 amide bonds. The SMILES string of the molecule is Cc1nc(NC(=O)c2c(-c3ccccc3)noc2C)sc1-c1ccccn1. The van der Waals surface area contributed by atoms with Crippen LogP contribution in [0.3, 0.4) is 0 Å². The quantitative estimate of drug-likeness (QED) is 0.557. The van der Waals surface area contributed by atoms with E-state index >= 15 is 0 Å². The fourth-order valence-corrected chi connectivity index (χ4v) is 3.72. The molecule has 7 heteroatoms. The molecule has 0 unspecified atom stereocenters. The Morgan fingerprint density at radius 1 is 1.07 bits per heavy atom. The number of benzene rings is 1. The summed E-state index contributed by atoms with van der Waals surface area (Å²) in [5.74, 6) is 0.165. The Morgan fingerprint density at radius 3 is 2.59 bits per heavy atom. The molecule has 3 aromatic heterocycles. The van der Waals surface area contributed by atoms with Gasteiger partial charge in [-0.2, -0.15) is 0 Å². The van der Waals surface area contributed by atoms with Crippen LogP contribution in [0.2, 0.25) is 0 Å². The molecule has 0 fully saturated rings. The van der Waals surface area contributed by atoms with Crippen molar-refractivity contribution in [1.29, 1.82) is 0 Å². The number of nitrogens with zero attached hydrogens (tertiary/aromatic N) is 3. The van der Waals surface area contributed by atoms with Crippen LogP contribution < -0.4 is 5.32 Å². The first-order valence-corrected chi connectivity index (χ1v) is 9.17. The molecule has 0 atom stereocenters. The van der Waals surface area contributed by atoms with Crippen molar-refractivity contribution < 1.29 is 9.32 Å². The van der Waals surface area contributed by atoms with E-state index in [1.54, 1.807) is 13.1 Å². The van der Waals surface area contributed by atoms with Gasteiger partial charge >= 0.3 is 0 Å². The molecule has 0 aliphatic carbocycles. The normalized spacial score (nSPS) is 10.7. The summed E-state index contributed by atoms with van der Waals surface area (Å²) in [6.07, 6.45) is 1.74. The number of carbonyl (C=O) groups is 1. The standard InChI is InChI=1S/C20H16N4O2S/c1-12-18(15-10-6-7-11-21-15)27-20(22-12)23-19(25)16-13(2)26-24-17(16)14-8-4-3-5-9-14/h3-11H,1-2H3,(H,22,23,25). The molecule has 0 aliphatic rings. The molecule has 0 saturated carbocycles. The van der Waals surface area contributed by atoms with Crippen molar-refractivity contribution in [2.45, 2.75) is 13.8 Å². The molecular formula is C20H16N4O2S. The van der Waals surface area contributed by atoms with E-state index in [4.69, 9.17) is 4.52 Å². The van der Waals surface area contributed by atoms with E-state index in [1.807, 2.05) is 55.5 Å². The van der Waals surface area contributed by atoms with E-state index in [0.29, 0.717) is 22.1 Å². The summed E-state index contributed by atoms with van der Waals surface area (Å²) >= 11 is 1.39. The Morgan fingerprint density at radius 2 is 1.85 bits per heavy atom. The molecule has 0 bridgehead atoms. The van der Waals surface area contributed by atoms with E-state index in [0.717, 1.165) is 21.8 Å². The summed E-state index contributed by atoms with van der Waals surface area (Å²) in [4.78, 5) is 22.6. The van der Waals surface area contributed by atoms with Gasteiger partial charge in [-0.25, -0.2) is 4.98 Å². The Balaban J connectivity index is 1.64. The third kappa shape index (κ3) is 3.37. The zero-order chi connectivity index (χ0) is 18.8. The molecule has 3 heterocycles. The van der Waals surface area contributed by atoms with Gasteiger partial charge in [0.2, 0.25) is 0 Å². The minimum atomic E-state index is -0.297. The minimum Gasteiger partial charge on any atom is -0.360 e. The second-order valence-corrected chi connectivity index (χ2v) is 6.93. The highest BCUT2D eigenvalue weighted by Gasteiger charge is 2.23. The number of rotatable bonds is 4. The van der Waals surface area contributed by atoms with Gasteiger partial charge in [-0.05, 0) is 26.0 Å². The molecule has 134 valence electrons. The lowest BCUT2D eigenvalue weighted by Gasteiger charge is -2.03. The lowest BCUT2D eigenvalue weighted by atomic mass is 10.1. The first kappa shape index (κ1) is 17.1. The monoisotopic (exact) mass is 376 g/mol. The first-order chi connectivity index (χ1) is 13.1. The van der Waals surface area contributed by atoms with Crippen LogP contribution in [0.15, 0.2) is 59.3 Å². The van der Waals surface area contributed by atoms with Crippen LogP contribution >= 0.6 is 11.3 Å². The van der Waals surface area contributed by atoms with E-state index in [1.165, 1.54) is 11.3 Å². The van der Waals surface area contributed by atoms with Gasteiger partial charge in [0, 0.05) is 11.8 Å². The Bertz CT molecular complexity index is 1090. The smallest absolute Gasteiger partial charge is 0.263 e. The van der Waals surface area contributed by atoms with Crippen LogP contribution in [0.25, 0.3) is 21.8 Å². The van der Waals surface area contributed by atoms with Crippen LogP contribution in [-0.4, -0.2) is 21.0 Å². The van der Waals surface area contributed by atoms with Crippen LogP contribution in [0.5, 0.6) is 0 Å². The zero-order valence-corrected chi connectivity index (χ0v) is 15.6. The Kier molecular flexibility index (Phi) is 4.52. The van der Waals surface area contributed by atoms with Gasteiger partial charge in [0.1, 0.15) is 17.0 Å². The molecule has 27 heavy (non-hydrogen) atoms. The predicted molar refractivity (Wildman–Crippen MR) is 105 cm³/mol. The van der Waals surface area contributed by atoms with Crippen molar-refractivity contribution in [2.24, 2.45) is 0 Å². The minimum absolute atomic E-state index is 0.297. The molecule has 4 rings (SSSR count). The summed E-state index contributed by atoms with van der Waals surface area (Å²) in [7, 11) is 0. The van der Waals surface area contributed by atoms with Crippen molar-refractivity contribution in [2.75, 3.05) is 5.32 Å². The molecule has 4 aromatic rings. The van der Waals surface area contributed by atoms with Gasteiger partial charge in [-0.3, -0.25) is 15.1 Å². The molecule has 1 N–H and O–H groups in total. The van der Waals surface area contributed by atoms with Gasteiger partial charge in [-0.15, -0.1) is 0 Å². The summed E-state index contributed by atoms with van der Waals surface area (Å²) < 4.78 is 5.27. The predicted octanol–water partition coefficient (Wildman–Crippen LogP) is 4.73. The second kappa shape index (κ2) is 7.13. The Hall–Kier alpha value is -3.32. The highest BCUT2D eigenvalue weighted by atomic mass is 32.1. The summed E-state index contributed by atoms with van der Waals surface area (Å²) in [5, 5.41) is 7.43. The van der Waals surface area contributed by atoms with Gasteiger partial charge in [0.15, 0.2) is 5.13 Å². The average Bonchev–Trinajstić information content (AvgIpc) is 3.25. The van der Waals surface area contributed by atoms with E-state index in [-0.39, 0.29) is 5.91 Å². The van der Waals surface area contributed by atoms with Gasteiger partial charge in [-0.1, -0.05) is 52.9 Å². The summed E-state index contributed by atoms with van der Waals surface area (Å²) in [5.41, 5.74) is 3.40. The summed E-state index contributed by atoms with van der Waals surface area (Å²) in [6.45, 7) is 3.62. The molecule has 0 saturated heterocycles. The fourth-order valence-electron chi connectivity index (χ4n) is 2.78. The topological polar surface area (TPSA) is 80.9 Å². The highest BCUT2D eigenvalue weighted by Crippen LogP contribution is 2.32. The second-order valence-electron chi connectivity index (χ2n) is 5.93. The summed E-state index contributed by atoms with van der Waals surface area (Å²) in [6, 6.07) is 15.2. The molecule has 0 spiro atoms. The van der Waals surface area contributed by atoms with Crippen LogP contribution in [-0.2, 0) is 0 Å². The lowest BCUT2D eigenvalue weighted by Crippen LogP contribution is -2.13. The van der Waals surface area contributed by atoms with Crippen LogP contribution in [0.4, 0.5) is 5.13 Å². The van der Waals surface area contributed by atoms with Crippen molar-refractivity contribution >= 4 is 22.4 Å². The number of anilines is 1. The number of thiazole rings is 1. The first-order valence-electron chi connectivity index (χ1n) is 8.35. The van der Waals surface area contributed by atoms with Crippen molar-refractivity contribution in [3.8, 4) is 21.8 Å². The number of hydrogen-bond donors (Lipinski definition) is 1. The number of hydrogen-bond acceptors (Lipinski definition) is 6. The third-order valence-electron chi connectivity index (χ3n) is 4.05. The number of aryl methyl sites for hydroxylation is 2. The van der Waals surface area contributed by atoms with Crippen molar-refractivity contribution in [3.63, 3.8) is 0 Å². The maximum absolute atomic E-state index is 12.9. The number of aromatic nitrogens is 3. The molecule has 0 aliphatic heterocycles. The van der Waals surface area contributed by atoms with E-state index < -0.39 is 0 Å². The maximum Gasteiger partial charge on any atom is 0.263 e. The largest absolute Gasteiger partial charge is 0.360 e. The third-order valence-corrected chi connectivity index (χ3v) is 5.15. The Labute approximate surface area is 159 Å². The van der Waals surface area contributed by atoms with Crippen LogP contribution in [0.1, 0.15) is 21.8 Å². The van der Waals surface area contributed by atoms with Crippen molar-refractivity contribution in [3.05, 3.63) is 71.7 Å². The number of nitrogens with one attached hydrogen (secondary N) is 1. The van der Waals surface area contributed by atoms with Crippen molar-refractivity contribution in [1.82, 2.24) is 15.1 Å². The van der Waals surface area contributed by atoms with Gasteiger partial charge in [0.05, 0.1) is 16.3 Å². The number of pyridine rings is 1. The zero-order valence-electron chi connectivity index (χ0n) is 14.8. The number of carbonyl (C=O) groups excluding carboxylic acids is 1. The maximum atomic E-state index is 12.9. The number of amides is 1.